The molecule has 9 heteroatoms. The lowest BCUT2D eigenvalue weighted by atomic mass is 10.1. The van der Waals surface area contributed by atoms with Gasteiger partial charge in [0, 0.05) is 37.3 Å². The number of nitrogens with one attached hydrogen (secondary N) is 2. The molecule has 0 aliphatic carbocycles. The van der Waals surface area contributed by atoms with Gasteiger partial charge in [-0.3, -0.25) is 5.10 Å². The van der Waals surface area contributed by atoms with Crippen molar-refractivity contribution in [2.24, 2.45) is 0 Å². The molecule has 28 heavy (non-hydrogen) atoms. The van der Waals surface area contributed by atoms with Crippen LogP contribution in [-0.2, 0) is 21.3 Å². The zero-order valence-corrected chi connectivity index (χ0v) is 17.3. The number of H-pyrrole nitrogens is 1. The second-order valence-corrected chi connectivity index (χ2v) is 9.15. The molecule has 154 valence electrons. The summed E-state index contributed by atoms with van der Waals surface area (Å²) in [5, 5.41) is 10.3. The Morgan fingerprint density at radius 1 is 1.25 bits per heavy atom. The molecule has 2 N–H and O–H groups in total. The van der Waals surface area contributed by atoms with E-state index in [1.807, 2.05) is 38.1 Å². The van der Waals surface area contributed by atoms with Crippen LogP contribution in [0.4, 0.5) is 0 Å². The molecule has 2 aromatic rings. The Morgan fingerprint density at radius 2 is 1.93 bits per heavy atom. The van der Waals surface area contributed by atoms with Gasteiger partial charge in [-0.05, 0) is 38.1 Å². The lowest BCUT2D eigenvalue weighted by Gasteiger charge is -2.34. The third kappa shape index (κ3) is 5.11. The molecule has 8 nitrogen and oxygen atoms in total. The first-order chi connectivity index (χ1) is 13.4. The second-order valence-electron chi connectivity index (χ2n) is 7.07. The lowest BCUT2D eigenvalue weighted by Crippen LogP contribution is -2.49. The maximum atomic E-state index is 12.6. The number of ether oxygens (including phenoxy) is 2. The van der Waals surface area contributed by atoms with Crippen molar-refractivity contribution >= 4 is 10.0 Å². The number of hydrogen-bond donors (Lipinski definition) is 2. The minimum absolute atomic E-state index is 0.0577. The van der Waals surface area contributed by atoms with Crippen LogP contribution in [0, 0.1) is 0 Å². The summed E-state index contributed by atoms with van der Waals surface area (Å²) in [5.41, 5.74) is 2.89. The predicted octanol–water partition coefficient (Wildman–Crippen LogP) is 1.61. The zero-order valence-electron chi connectivity index (χ0n) is 16.5. The van der Waals surface area contributed by atoms with Crippen LogP contribution in [0.15, 0.2) is 30.5 Å². The monoisotopic (exact) mass is 408 g/mol. The van der Waals surface area contributed by atoms with Crippen molar-refractivity contribution in [1.29, 1.82) is 0 Å². The Morgan fingerprint density at radius 3 is 2.57 bits per heavy atom. The molecule has 0 bridgehead atoms. The average Bonchev–Trinajstić information content (AvgIpc) is 3.13. The van der Waals surface area contributed by atoms with Gasteiger partial charge >= 0.3 is 0 Å². The summed E-state index contributed by atoms with van der Waals surface area (Å²) in [7, 11) is -1.67. The molecule has 2 atom stereocenters. The summed E-state index contributed by atoms with van der Waals surface area (Å²) in [5.74, 6) is 0.849. The first-order valence-electron chi connectivity index (χ1n) is 9.39. The van der Waals surface area contributed by atoms with Crippen molar-refractivity contribution in [1.82, 2.24) is 19.8 Å². The van der Waals surface area contributed by atoms with Crippen LogP contribution >= 0.6 is 0 Å². The zero-order chi connectivity index (χ0) is 20.1. The third-order valence-electron chi connectivity index (χ3n) is 4.73. The van der Waals surface area contributed by atoms with Crippen molar-refractivity contribution in [3.8, 4) is 17.0 Å². The van der Waals surface area contributed by atoms with Crippen LogP contribution in [0.25, 0.3) is 11.3 Å². The standard InChI is InChI=1S/C19H28N4O4S/c1-14-12-23(13-15(2)27-14)28(24,25)9-8-20-10-17-11-21-22-19(17)16-4-6-18(26-3)7-5-16/h4-7,11,14-15,20H,8-10,12-13H2,1-3H3,(H,21,22)/t14-,15-/m0/s1. The first-order valence-corrected chi connectivity index (χ1v) is 11.0. The third-order valence-corrected chi connectivity index (χ3v) is 6.53. The number of aromatic nitrogens is 2. The number of aromatic amines is 1. The topological polar surface area (TPSA) is 96.5 Å². The Balaban J connectivity index is 1.54. The number of benzene rings is 1. The van der Waals surface area contributed by atoms with E-state index < -0.39 is 10.0 Å². The van der Waals surface area contributed by atoms with E-state index in [9.17, 15) is 8.42 Å². The SMILES string of the molecule is COc1ccc(-c2[nH]ncc2CNCCS(=O)(=O)N2C[C@H](C)O[C@@H](C)C2)cc1. The average molecular weight is 409 g/mol. The number of sulfonamides is 1. The van der Waals surface area contributed by atoms with Crippen LogP contribution in [-0.4, -0.2) is 67.6 Å². The van der Waals surface area contributed by atoms with Gasteiger partial charge in [0.25, 0.3) is 0 Å². The molecule has 0 amide bonds. The fourth-order valence-electron chi connectivity index (χ4n) is 3.36. The highest BCUT2D eigenvalue weighted by molar-refractivity contribution is 7.89. The lowest BCUT2D eigenvalue weighted by molar-refractivity contribution is -0.0440. The van der Waals surface area contributed by atoms with E-state index in [1.54, 1.807) is 13.3 Å². The molecule has 0 radical (unpaired) electrons. The molecule has 1 aromatic heterocycles. The Kier molecular flexibility index (Phi) is 6.71. The van der Waals surface area contributed by atoms with Crippen molar-refractivity contribution in [3.05, 3.63) is 36.0 Å². The van der Waals surface area contributed by atoms with E-state index in [4.69, 9.17) is 9.47 Å². The predicted molar refractivity (Wildman–Crippen MR) is 108 cm³/mol. The molecule has 1 saturated heterocycles. The van der Waals surface area contributed by atoms with E-state index in [0.717, 1.165) is 22.6 Å². The second kappa shape index (κ2) is 9.04. The molecule has 3 rings (SSSR count). The maximum absolute atomic E-state index is 12.6. The molecule has 1 aliphatic rings. The van der Waals surface area contributed by atoms with Crippen LogP contribution in [0.5, 0.6) is 5.75 Å². The molecule has 1 aliphatic heterocycles. The van der Waals surface area contributed by atoms with Crippen molar-refractivity contribution in [2.45, 2.75) is 32.6 Å². The van der Waals surface area contributed by atoms with Crippen LogP contribution in [0.2, 0.25) is 0 Å². The molecule has 0 unspecified atom stereocenters. The van der Waals surface area contributed by atoms with E-state index >= 15 is 0 Å². The van der Waals surface area contributed by atoms with Gasteiger partial charge < -0.3 is 14.8 Å². The molecule has 1 aromatic carbocycles. The highest BCUT2D eigenvalue weighted by Gasteiger charge is 2.30. The van der Waals surface area contributed by atoms with Gasteiger partial charge in [-0.15, -0.1) is 0 Å². The Labute approximate surface area is 166 Å². The van der Waals surface area contributed by atoms with E-state index in [1.165, 1.54) is 4.31 Å². The number of morpholine rings is 1. The molecule has 1 fully saturated rings. The number of rotatable bonds is 8. The van der Waals surface area contributed by atoms with Gasteiger partial charge in [0.15, 0.2) is 0 Å². The van der Waals surface area contributed by atoms with Crippen molar-refractivity contribution < 1.29 is 17.9 Å². The van der Waals surface area contributed by atoms with E-state index in [0.29, 0.717) is 26.2 Å². The Bertz CT molecular complexity index is 856. The summed E-state index contributed by atoms with van der Waals surface area (Å²) in [4.78, 5) is 0. The molecular weight excluding hydrogens is 380 g/mol. The highest BCUT2D eigenvalue weighted by atomic mass is 32.2. The van der Waals surface area contributed by atoms with Gasteiger partial charge in [-0.1, -0.05) is 0 Å². The normalized spacial score (nSPS) is 21.0. The summed E-state index contributed by atoms with van der Waals surface area (Å²) in [6, 6.07) is 7.71. The minimum Gasteiger partial charge on any atom is -0.497 e. The van der Waals surface area contributed by atoms with Gasteiger partial charge in [0.05, 0.1) is 37.0 Å². The van der Waals surface area contributed by atoms with Crippen LogP contribution in [0.1, 0.15) is 19.4 Å². The first kappa shape index (κ1) is 20.8. The summed E-state index contributed by atoms with van der Waals surface area (Å²) in [6.45, 7) is 5.52. The highest BCUT2D eigenvalue weighted by Crippen LogP contribution is 2.23. The molecule has 0 saturated carbocycles. The fraction of sp³-hybridized carbons (Fsp3) is 0.526. The van der Waals surface area contributed by atoms with Crippen LogP contribution in [0.3, 0.4) is 0 Å². The maximum Gasteiger partial charge on any atom is 0.215 e. The van der Waals surface area contributed by atoms with E-state index in [-0.39, 0.29) is 18.0 Å². The summed E-state index contributed by atoms with van der Waals surface area (Å²) < 4.78 is 37.5. The molecular formula is C19H28N4O4S. The fourth-order valence-corrected chi connectivity index (χ4v) is 4.90. The largest absolute Gasteiger partial charge is 0.497 e. The summed E-state index contributed by atoms with van der Waals surface area (Å²) in [6.07, 6.45) is 1.60. The van der Waals surface area contributed by atoms with E-state index in [2.05, 4.69) is 15.5 Å². The van der Waals surface area contributed by atoms with Gasteiger partial charge in [0.2, 0.25) is 10.0 Å². The number of methoxy groups -OCH3 is 1. The van der Waals surface area contributed by atoms with Crippen molar-refractivity contribution in [3.63, 3.8) is 0 Å². The van der Waals surface area contributed by atoms with Gasteiger partial charge in [-0.25, -0.2) is 8.42 Å². The van der Waals surface area contributed by atoms with Crippen molar-refractivity contribution in [2.75, 3.05) is 32.5 Å². The van der Waals surface area contributed by atoms with Gasteiger partial charge in [-0.2, -0.15) is 9.40 Å². The summed E-state index contributed by atoms with van der Waals surface area (Å²) >= 11 is 0. The molecule has 2 heterocycles. The van der Waals surface area contributed by atoms with Crippen LogP contribution < -0.4 is 10.1 Å². The Hall–Kier alpha value is -1.94. The number of hydrogen-bond acceptors (Lipinski definition) is 6. The molecule has 0 spiro atoms. The minimum atomic E-state index is -3.31. The smallest absolute Gasteiger partial charge is 0.215 e. The quantitative estimate of drug-likeness (QED) is 0.645. The van der Waals surface area contributed by atoms with Gasteiger partial charge in [0.1, 0.15) is 5.75 Å². The number of nitrogens with zero attached hydrogens (tertiary/aromatic N) is 2.